The van der Waals surface area contributed by atoms with Gasteiger partial charge in [-0.3, -0.25) is 4.79 Å². The minimum absolute atomic E-state index is 0.0644. The summed E-state index contributed by atoms with van der Waals surface area (Å²) in [6, 6.07) is 6.14. The summed E-state index contributed by atoms with van der Waals surface area (Å²) in [6.45, 7) is 1.20. The number of hydrogen-bond donors (Lipinski definition) is 1. The van der Waals surface area contributed by atoms with E-state index in [4.69, 9.17) is 51.1 Å². The van der Waals surface area contributed by atoms with Crippen LogP contribution in [0.2, 0.25) is 20.2 Å². The molecule has 1 aromatic carbocycles. The number of benzene rings is 1. The van der Waals surface area contributed by atoms with Crippen LogP contribution in [0.4, 0.5) is 5.69 Å². The molecule has 24 heavy (non-hydrogen) atoms. The van der Waals surface area contributed by atoms with Gasteiger partial charge in [-0.1, -0.05) is 52.5 Å². The van der Waals surface area contributed by atoms with E-state index >= 15 is 0 Å². The summed E-state index contributed by atoms with van der Waals surface area (Å²) < 4.78 is 4.87. The number of carbonyl (C=O) groups excluding carboxylic acids is 2. The highest BCUT2D eigenvalue weighted by Gasteiger charge is 2.17. The summed E-state index contributed by atoms with van der Waals surface area (Å²) in [5.41, 5.74) is 0.810. The first-order chi connectivity index (χ1) is 11.3. The molecule has 2 rings (SSSR count). The molecule has 0 aliphatic heterocycles. The Labute approximate surface area is 157 Å². The van der Waals surface area contributed by atoms with Gasteiger partial charge in [-0.2, -0.15) is 0 Å². The van der Waals surface area contributed by atoms with Crippen molar-refractivity contribution in [2.75, 3.05) is 11.9 Å². The zero-order valence-electron chi connectivity index (χ0n) is 12.2. The molecule has 0 unspecified atom stereocenters. The molecule has 0 fully saturated rings. The van der Waals surface area contributed by atoms with Gasteiger partial charge < -0.3 is 10.1 Å². The van der Waals surface area contributed by atoms with Crippen molar-refractivity contribution in [3.8, 4) is 0 Å². The number of nitrogens with zero attached hydrogens (tertiary/aromatic N) is 1. The van der Waals surface area contributed by atoms with Crippen molar-refractivity contribution in [3.05, 3.63) is 55.7 Å². The molecule has 0 atom stereocenters. The van der Waals surface area contributed by atoms with Gasteiger partial charge in [0.2, 0.25) is 0 Å². The first-order valence-corrected chi connectivity index (χ1v) is 8.04. The number of anilines is 1. The molecular weight excluding hydrogens is 398 g/mol. The number of aryl methyl sites for hydroxylation is 1. The summed E-state index contributed by atoms with van der Waals surface area (Å²) in [7, 11) is 0. The molecule has 1 heterocycles. The lowest BCUT2D eigenvalue weighted by Crippen LogP contribution is -2.22. The average Bonchev–Trinajstić information content (AvgIpc) is 2.55. The third kappa shape index (κ3) is 4.51. The number of amides is 1. The smallest absolute Gasteiger partial charge is 0.359 e. The Morgan fingerprint density at radius 1 is 1.08 bits per heavy atom. The first kappa shape index (κ1) is 18.8. The van der Waals surface area contributed by atoms with E-state index in [2.05, 4.69) is 10.3 Å². The van der Waals surface area contributed by atoms with Crippen LogP contribution in [0.15, 0.2) is 24.3 Å². The Hall–Kier alpha value is -1.53. The van der Waals surface area contributed by atoms with E-state index in [1.54, 1.807) is 19.1 Å². The van der Waals surface area contributed by atoms with E-state index in [-0.39, 0.29) is 26.6 Å². The molecule has 126 valence electrons. The van der Waals surface area contributed by atoms with Gasteiger partial charge in [0.1, 0.15) is 5.15 Å². The van der Waals surface area contributed by atoms with Crippen LogP contribution in [-0.2, 0) is 9.53 Å². The summed E-state index contributed by atoms with van der Waals surface area (Å²) in [6.07, 6.45) is 0. The lowest BCUT2D eigenvalue weighted by Gasteiger charge is -2.11. The molecule has 9 heteroatoms. The molecule has 0 aliphatic rings. The number of pyridine rings is 1. The SMILES string of the molecule is Cc1ccc(Cl)c(NC(=O)COC(=O)c2nc(Cl)ccc2Cl)c1Cl. The molecule has 2 aromatic rings. The molecule has 0 aliphatic carbocycles. The Kier molecular flexibility index (Phi) is 6.29. The third-order valence-electron chi connectivity index (χ3n) is 2.89. The summed E-state index contributed by atoms with van der Waals surface area (Å²) >= 11 is 23.6. The van der Waals surface area contributed by atoms with Gasteiger partial charge in [0, 0.05) is 0 Å². The van der Waals surface area contributed by atoms with Crippen molar-refractivity contribution in [1.82, 2.24) is 4.98 Å². The van der Waals surface area contributed by atoms with Gasteiger partial charge in [-0.05, 0) is 30.7 Å². The normalized spacial score (nSPS) is 10.4. The maximum atomic E-state index is 11.9. The first-order valence-electron chi connectivity index (χ1n) is 6.53. The summed E-state index contributed by atoms with van der Waals surface area (Å²) in [5.74, 6) is -1.49. The number of aromatic nitrogens is 1. The monoisotopic (exact) mass is 406 g/mol. The number of hydrogen-bond acceptors (Lipinski definition) is 4. The summed E-state index contributed by atoms with van der Waals surface area (Å²) in [5, 5.41) is 3.21. The Balaban J connectivity index is 2.03. The fourth-order valence-electron chi connectivity index (χ4n) is 1.71. The van der Waals surface area contributed by atoms with Crippen LogP contribution in [0.5, 0.6) is 0 Å². The van der Waals surface area contributed by atoms with Crippen LogP contribution < -0.4 is 5.32 Å². The fourth-order valence-corrected chi connectivity index (χ4v) is 2.50. The minimum atomic E-state index is -0.876. The van der Waals surface area contributed by atoms with E-state index in [1.807, 2.05) is 0 Å². The molecule has 5 nitrogen and oxygen atoms in total. The van der Waals surface area contributed by atoms with Gasteiger partial charge >= 0.3 is 5.97 Å². The van der Waals surface area contributed by atoms with E-state index < -0.39 is 18.5 Å². The Morgan fingerprint density at radius 2 is 1.75 bits per heavy atom. The predicted octanol–water partition coefficient (Wildman–Crippen LogP) is 4.80. The van der Waals surface area contributed by atoms with Gasteiger partial charge in [0.15, 0.2) is 12.3 Å². The Bertz CT molecular complexity index is 812. The van der Waals surface area contributed by atoms with Crippen molar-refractivity contribution in [2.24, 2.45) is 0 Å². The van der Waals surface area contributed by atoms with Crippen LogP contribution in [0.1, 0.15) is 16.1 Å². The predicted molar refractivity (Wildman–Crippen MR) is 94.4 cm³/mol. The van der Waals surface area contributed by atoms with Crippen LogP contribution in [0.25, 0.3) is 0 Å². The molecule has 0 saturated heterocycles. The Morgan fingerprint density at radius 3 is 2.46 bits per heavy atom. The molecule has 0 saturated carbocycles. The lowest BCUT2D eigenvalue weighted by atomic mass is 10.2. The molecule has 1 aromatic heterocycles. The van der Waals surface area contributed by atoms with Crippen molar-refractivity contribution < 1.29 is 14.3 Å². The van der Waals surface area contributed by atoms with Crippen molar-refractivity contribution in [1.29, 1.82) is 0 Å². The number of carbonyl (C=O) groups is 2. The second kappa shape index (κ2) is 8.03. The zero-order valence-corrected chi connectivity index (χ0v) is 15.2. The van der Waals surface area contributed by atoms with Gasteiger partial charge in [-0.15, -0.1) is 0 Å². The van der Waals surface area contributed by atoms with Crippen molar-refractivity contribution in [3.63, 3.8) is 0 Å². The molecule has 0 spiro atoms. The number of nitrogens with one attached hydrogen (secondary N) is 1. The number of halogens is 4. The van der Waals surface area contributed by atoms with Crippen LogP contribution >= 0.6 is 46.4 Å². The van der Waals surface area contributed by atoms with E-state index in [1.165, 1.54) is 12.1 Å². The van der Waals surface area contributed by atoms with Gasteiger partial charge in [0.05, 0.1) is 20.8 Å². The molecule has 1 amide bonds. The largest absolute Gasteiger partial charge is 0.451 e. The molecule has 0 bridgehead atoms. The topological polar surface area (TPSA) is 68.3 Å². The quantitative estimate of drug-likeness (QED) is 0.583. The highest BCUT2D eigenvalue weighted by atomic mass is 35.5. The van der Waals surface area contributed by atoms with Crippen molar-refractivity contribution >= 4 is 64.0 Å². The van der Waals surface area contributed by atoms with Crippen LogP contribution in [-0.4, -0.2) is 23.5 Å². The molecular formula is C15H10Cl4N2O3. The minimum Gasteiger partial charge on any atom is -0.451 e. The number of esters is 1. The molecule has 1 N–H and O–H groups in total. The van der Waals surface area contributed by atoms with Crippen molar-refractivity contribution in [2.45, 2.75) is 6.92 Å². The lowest BCUT2D eigenvalue weighted by molar-refractivity contribution is -0.119. The number of ether oxygens (including phenoxy) is 1. The standard InChI is InChI=1S/C15H10Cl4N2O3/c1-7-2-3-8(16)13(12(7)19)21-11(22)6-24-15(23)14-9(17)4-5-10(18)20-14/h2-5H,6H2,1H3,(H,21,22). The fraction of sp³-hybridized carbons (Fsp3) is 0.133. The maximum absolute atomic E-state index is 11.9. The second-order valence-corrected chi connectivity index (χ2v) is 6.22. The number of rotatable bonds is 4. The van der Waals surface area contributed by atoms with Gasteiger partial charge in [0.25, 0.3) is 5.91 Å². The summed E-state index contributed by atoms with van der Waals surface area (Å²) in [4.78, 5) is 27.6. The highest BCUT2D eigenvalue weighted by molar-refractivity contribution is 6.40. The van der Waals surface area contributed by atoms with Crippen LogP contribution in [0.3, 0.4) is 0 Å². The van der Waals surface area contributed by atoms with E-state index in [0.717, 1.165) is 5.56 Å². The van der Waals surface area contributed by atoms with E-state index in [0.29, 0.717) is 5.02 Å². The van der Waals surface area contributed by atoms with Crippen LogP contribution in [0, 0.1) is 6.92 Å². The zero-order chi connectivity index (χ0) is 17.9. The van der Waals surface area contributed by atoms with E-state index in [9.17, 15) is 9.59 Å². The third-order valence-corrected chi connectivity index (χ3v) is 4.21. The average molecular weight is 408 g/mol. The molecule has 0 radical (unpaired) electrons. The van der Waals surface area contributed by atoms with Gasteiger partial charge in [-0.25, -0.2) is 9.78 Å². The highest BCUT2D eigenvalue weighted by Crippen LogP contribution is 2.32. The maximum Gasteiger partial charge on any atom is 0.359 e. The second-order valence-electron chi connectivity index (χ2n) is 4.64.